The highest BCUT2D eigenvalue weighted by atomic mass is 17.1. The average Bonchev–Trinajstić information content (AvgIpc) is 2.35. The van der Waals surface area contributed by atoms with E-state index in [1.807, 2.05) is 0 Å². The average molecular weight is 290 g/mol. The van der Waals surface area contributed by atoms with Crippen LogP contribution in [-0.2, 0) is 9.68 Å². The van der Waals surface area contributed by atoms with E-state index in [4.69, 9.17) is 15.2 Å². The van der Waals surface area contributed by atoms with Crippen LogP contribution in [0.1, 0.15) is 85.0 Å². The Morgan fingerprint density at radius 3 is 1.60 bits per heavy atom. The molecule has 0 unspecified atom stereocenters. The molecule has 20 heavy (non-hydrogen) atoms. The lowest BCUT2D eigenvalue weighted by atomic mass is 10.0. The van der Waals surface area contributed by atoms with Gasteiger partial charge in [-0.25, -0.2) is 4.89 Å². The Bertz CT molecular complexity index is 189. The van der Waals surface area contributed by atoms with Gasteiger partial charge in [-0.15, -0.1) is 0 Å². The lowest BCUT2D eigenvalue weighted by Gasteiger charge is -2.04. The summed E-state index contributed by atoms with van der Waals surface area (Å²) in [6, 6.07) is 0. The van der Waals surface area contributed by atoms with Gasteiger partial charge in [0, 0.05) is 6.92 Å². The number of hydrogen-bond donors (Lipinski definition) is 2. The molecule has 0 atom stereocenters. The van der Waals surface area contributed by atoms with Crippen molar-refractivity contribution in [3.8, 4) is 0 Å². The molecule has 0 aliphatic heterocycles. The zero-order valence-electron chi connectivity index (χ0n) is 13.6. The first-order valence-corrected chi connectivity index (χ1v) is 7.96. The summed E-state index contributed by atoms with van der Waals surface area (Å²) in [5, 5.41) is 15.5. The minimum Gasteiger partial charge on any atom is -0.481 e. The second kappa shape index (κ2) is 18.4. The van der Waals surface area contributed by atoms with Crippen LogP contribution in [0, 0.1) is 5.92 Å². The molecule has 0 amide bonds. The molecule has 0 saturated heterocycles. The van der Waals surface area contributed by atoms with Crippen molar-refractivity contribution in [2.75, 3.05) is 6.61 Å². The van der Waals surface area contributed by atoms with Gasteiger partial charge in [-0.05, 0) is 12.3 Å². The van der Waals surface area contributed by atoms with Crippen molar-refractivity contribution in [3.63, 3.8) is 0 Å². The van der Waals surface area contributed by atoms with Crippen molar-refractivity contribution < 1.29 is 20.0 Å². The molecule has 0 bridgehead atoms. The second-order valence-electron chi connectivity index (χ2n) is 5.72. The van der Waals surface area contributed by atoms with Gasteiger partial charge in [-0.3, -0.25) is 10.1 Å². The van der Waals surface area contributed by atoms with Gasteiger partial charge in [-0.2, -0.15) is 0 Å². The highest BCUT2D eigenvalue weighted by molar-refractivity contribution is 5.62. The minimum atomic E-state index is -0.833. The molecule has 0 aliphatic carbocycles. The van der Waals surface area contributed by atoms with Crippen LogP contribution in [0.5, 0.6) is 0 Å². The van der Waals surface area contributed by atoms with Crippen LogP contribution < -0.4 is 0 Å². The Kier molecular flexibility index (Phi) is 19.9. The van der Waals surface area contributed by atoms with E-state index in [0.29, 0.717) is 6.61 Å². The van der Waals surface area contributed by atoms with E-state index in [1.54, 1.807) is 0 Å². The largest absolute Gasteiger partial charge is 0.481 e. The van der Waals surface area contributed by atoms with E-state index in [9.17, 15) is 0 Å². The SMILES string of the molecule is CC(=O)O.CC(C)CCCCCCCCCCCOO. The fourth-order valence-electron chi connectivity index (χ4n) is 1.96. The number of carbonyl (C=O) groups is 1. The Morgan fingerprint density at radius 2 is 1.25 bits per heavy atom. The van der Waals surface area contributed by atoms with Crippen molar-refractivity contribution in [1.82, 2.24) is 0 Å². The molecule has 0 aromatic heterocycles. The number of carboxylic acids is 1. The Morgan fingerprint density at radius 1 is 0.900 bits per heavy atom. The smallest absolute Gasteiger partial charge is 0.300 e. The van der Waals surface area contributed by atoms with E-state index >= 15 is 0 Å². The third kappa shape index (κ3) is 30.4. The molecule has 0 saturated carbocycles. The van der Waals surface area contributed by atoms with Gasteiger partial charge in [0.2, 0.25) is 0 Å². The molecule has 0 radical (unpaired) electrons. The topological polar surface area (TPSA) is 66.8 Å². The van der Waals surface area contributed by atoms with E-state index < -0.39 is 5.97 Å². The molecule has 0 fully saturated rings. The van der Waals surface area contributed by atoms with E-state index in [1.165, 1.54) is 57.8 Å². The number of hydrogen-bond acceptors (Lipinski definition) is 3. The Hall–Kier alpha value is -0.610. The number of rotatable bonds is 12. The maximum Gasteiger partial charge on any atom is 0.300 e. The molecular weight excluding hydrogens is 256 g/mol. The molecule has 0 aromatic rings. The third-order valence-corrected chi connectivity index (χ3v) is 3.02. The molecule has 122 valence electrons. The molecule has 0 aliphatic rings. The van der Waals surface area contributed by atoms with Crippen molar-refractivity contribution in [3.05, 3.63) is 0 Å². The summed E-state index contributed by atoms with van der Waals surface area (Å²) in [4.78, 5) is 13.0. The van der Waals surface area contributed by atoms with Crippen molar-refractivity contribution in [2.24, 2.45) is 5.92 Å². The first-order chi connectivity index (χ1) is 9.50. The first kappa shape index (κ1) is 21.7. The van der Waals surface area contributed by atoms with Gasteiger partial charge in [-0.1, -0.05) is 71.6 Å². The molecule has 0 aromatic carbocycles. The normalized spacial score (nSPS) is 10.2. The van der Waals surface area contributed by atoms with Gasteiger partial charge >= 0.3 is 0 Å². The quantitative estimate of drug-likeness (QED) is 0.297. The summed E-state index contributed by atoms with van der Waals surface area (Å²) in [7, 11) is 0. The van der Waals surface area contributed by atoms with Crippen molar-refractivity contribution in [1.29, 1.82) is 0 Å². The highest BCUT2D eigenvalue weighted by Crippen LogP contribution is 2.12. The lowest BCUT2D eigenvalue weighted by Crippen LogP contribution is -1.89. The zero-order chi connectivity index (χ0) is 15.6. The van der Waals surface area contributed by atoms with Gasteiger partial charge in [0.25, 0.3) is 5.97 Å². The number of unbranched alkanes of at least 4 members (excludes halogenated alkanes) is 8. The van der Waals surface area contributed by atoms with Crippen LogP contribution >= 0.6 is 0 Å². The van der Waals surface area contributed by atoms with Gasteiger partial charge < -0.3 is 5.11 Å². The van der Waals surface area contributed by atoms with Gasteiger partial charge in [0.05, 0.1) is 6.61 Å². The summed E-state index contributed by atoms with van der Waals surface area (Å²) >= 11 is 0. The van der Waals surface area contributed by atoms with Crippen LogP contribution in [0.2, 0.25) is 0 Å². The summed E-state index contributed by atoms with van der Waals surface area (Å²) in [5.74, 6) is 0.0359. The van der Waals surface area contributed by atoms with Crippen LogP contribution in [0.25, 0.3) is 0 Å². The molecule has 0 heterocycles. The van der Waals surface area contributed by atoms with Crippen molar-refractivity contribution >= 4 is 5.97 Å². The van der Waals surface area contributed by atoms with Crippen LogP contribution in [0.15, 0.2) is 0 Å². The van der Waals surface area contributed by atoms with Crippen LogP contribution in [0.3, 0.4) is 0 Å². The molecule has 0 rings (SSSR count). The maximum atomic E-state index is 9.00. The predicted octanol–water partition coefficient (Wildman–Crippen LogP) is 5.12. The summed E-state index contributed by atoms with van der Waals surface area (Å²) in [5.41, 5.74) is 0. The van der Waals surface area contributed by atoms with Gasteiger partial charge in [0.15, 0.2) is 0 Å². The molecule has 4 nitrogen and oxygen atoms in total. The van der Waals surface area contributed by atoms with Crippen molar-refractivity contribution in [2.45, 2.75) is 85.0 Å². The highest BCUT2D eigenvalue weighted by Gasteiger charge is 1.95. The monoisotopic (exact) mass is 290 g/mol. The van der Waals surface area contributed by atoms with E-state index in [-0.39, 0.29) is 0 Å². The van der Waals surface area contributed by atoms with E-state index in [2.05, 4.69) is 18.7 Å². The van der Waals surface area contributed by atoms with E-state index in [0.717, 1.165) is 19.3 Å². The fraction of sp³-hybridized carbons (Fsp3) is 0.938. The molecule has 0 spiro atoms. The zero-order valence-corrected chi connectivity index (χ0v) is 13.6. The summed E-state index contributed by atoms with van der Waals surface area (Å²) in [6.45, 7) is 6.18. The molecular formula is C16H34O4. The van der Waals surface area contributed by atoms with Crippen LogP contribution in [0.4, 0.5) is 0 Å². The third-order valence-electron chi connectivity index (χ3n) is 3.02. The Balaban J connectivity index is 0. The standard InChI is InChI=1S/C14H30O2.C2H4O2/c1-14(2)12-10-8-6-4-3-5-7-9-11-13-16-15;1-2(3)4/h14-15H,3-13H2,1-2H3;1H3,(H,3,4). The molecule has 4 heteroatoms. The fourth-order valence-corrected chi connectivity index (χ4v) is 1.96. The summed E-state index contributed by atoms with van der Waals surface area (Å²) < 4.78 is 0. The molecule has 2 N–H and O–H groups in total. The summed E-state index contributed by atoms with van der Waals surface area (Å²) in [6.07, 6.45) is 13.2. The number of carboxylic acid groups (broad SMARTS) is 1. The maximum absolute atomic E-state index is 9.00. The first-order valence-electron chi connectivity index (χ1n) is 7.96. The second-order valence-corrected chi connectivity index (χ2v) is 5.72. The lowest BCUT2D eigenvalue weighted by molar-refractivity contribution is -0.242. The minimum absolute atomic E-state index is 0.495. The van der Waals surface area contributed by atoms with Gasteiger partial charge in [0.1, 0.15) is 0 Å². The van der Waals surface area contributed by atoms with Crippen LogP contribution in [-0.4, -0.2) is 22.9 Å². The predicted molar refractivity (Wildman–Crippen MR) is 82.9 cm³/mol. The number of aliphatic carboxylic acids is 1. The Labute approximate surface area is 124 Å².